The van der Waals surface area contributed by atoms with Crippen molar-refractivity contribution in [3.63, 3.8) is 0 Å². The van der Waals surface area contributed by atoms with Gasteiger partial charge < -0.3 is 10.0 Å². The van der Waals surface area contributed by atoms with Gasteiger partial charge >= 0.3 is 0 Å². The molecule has 0 spiro atoms. The predicted octanol–water partition coefficient (Wildman–Crippen LogP) is 2.66. The molecule has 0 aromatic heterocycles. The van der Waals surface area contributed by atoms with Crippen molar-refractivity contribution in [3.05, 3.63) is 35.9 Å². The lowest BCUT2D eigenvalue weighted by Gasteiger charge is -2.39. The van der Waals surface area contributed by atoms with Crippen molar-refractivity contribution in [2.45, 2.75) is 62.7 Å². The molecule has 3 saturated heterocycles. The van der Waals surface area contributed by atoms with Crippen LogP contribution in [0.3, 0.4) is 0 Å². The molecule has 1 aromatic rings. The van der Waals surface area contributed by atoms with Crippen LogP contribution in [-0.2, 0) is 4.79 Å². The standard InChI is InChI=1S/C19H26N2O2.ClH/c22-12-13-10-15-6-7-16(11-13)21(15)19(23)18-9-8-17(20-18)14-4-2-1-3-5-14;/h1-5,13,15-18,20,22H,6-12H2;1H/t13?,15-,16+,17-,18-;/m1./s1. The lowest BCUT2D eigenvalue weighted by Crippen LogP contribution is -2.52. The summed E-state index contributed by atoms with van der Waals surface area (Å²) in [6, 6.07) is 11.4. The van der Waals surface area contributed by atoms with Gasteiger partial charge in [-0.15, -0.1) is 12.4 Å². The molecule has 1 aromatic carbocycles. The van der Waals surface area contributed by atoms with E-state index in [1.54, 1.807) is 0 Å². The number of piperidine rings is 1. The van der Waals surface area contributed by atoms with E-state index in [0.717, 1.165) is 38.5 Å². The second kappa shape index (κ2) is 7.42. The Balaban J connectivity index is 0.00000169. The zero-order valence-electron chi connectivity index (χ0n) is 13.9. The number of hydrogen-bond donors (Lipinski definition) is 2. The van der Waals surface area contributed by atoms with Gasteiger partial charge in [-0.3, -0.25) is 10.1 Å². The molecule has 3 aliphatic rings. The molecule has 0 saturated carbocycles. The topological polar surface area (TPSA) is 52.6 Å². The third-order valence-electron chi connectivity index (χ3n) is 5.99. The number of carbonyl (C=O) groups is 1. The second-order valence-corrected chi connectivity index (χ2v) is 7.41. The zero-order chi connectivity index (χ0) is 15.8. The number of carbonyl (C=O) groups excluding carboxylic acids is 1. The van der Waals surface area contributed by atoms with Crippen LogP contribution in [0.5, 0.6) is 0 Å². The SMILES string of the molecule is Cl.O=C([C@H]1CC[C@H](c2ccccc2)N1)N1[C@@H]2CC[C@H]1CC(CO)C2. The monoisotopic (exact) mass is 350 g/mol. The van der Waals surface area contributed by atoms with Gasteiger partial charge in [-0.05, 0) is 50.0 Å². The summed E-state index contributed by atoms with van der Waals surface area (Å²) in [7, 11) is 0. The van der Waals surface area contributed by atoms with E-state index in [4.69, 9.17) is 0 Å². The van der Waals surface area contributed by atoms with Crippen molar-refractivity contribution in [1.29, 1.82) is 0 Å². The van der Waals surface area contributed by atoms with Crippen LogP contribution >= 0.6 is 12.4 Å². The number of halogens is 1. The van der Waals surface area contributed by atoms with Crippen molar-refractivity contribution in [2.24, 2.45) is 5.92 Å². The van der Waals surface area contributed by atoms with Gasteiger partial charge in [0.2, 0.25) is 5.91 Å². The number of nitrogens with one attached hydrogen (secondary N) is 1. The predicted molar refractivity (Wildman–Crippen MR) is 96.1 cm³/mol. The molecule has 132 valence electrons. The summed E-state index contributed by atoms with van der Waals surface area (Å²) >= 11 is 0. The number of benzene rings is 1. The number of nitrogens with zero attached hydrogens (tertiary/aromatic N) is 1. The lowest BCUT2D eigenvalue weighted by atomic mass is 9.91. The largest absolute Gasteiger partial charge is 0.396 e. The fourth-order valence-electron chi connectivity index (χ4n) is 4.86. The van der Waals surface area contributed by atoms with Gasteiger partial charge in [0.25, 0.3) is 0 Å². The minimum Gasteiger partial charge on any atom is -0.396 e. The summed E-state index contributed by atoms with van der Waals surface area (Å²) in [6.07, 6.45) is 6.14. The Morgan fingerprint density at radius 1 is 1.08 bits per heavy atom. The Kier molecular flexibility index (Phi) is 5.48. The van der Waals surface area contributed by atoms with Gasteiger partial charge in [0.05, 0.1) is 6.04 Å². The van der Waals surface area contributed by atoms with Gasteiger partial charge in [-0.2, -0.15) is 0 Å². The Morgan fingerprint density at radius 3 is 2.38 bits per heavy atom. The van der Waals surface area contributed by atoms with Crippen LogP contribution in [-0.4, -0.2) is 40.6 Å². The molecule has 4 nitrogen and oxygen atoms in total. The summed E-state index contributed by atoms with van der Waals surface area (Å²) in [5.41, 5.74) is 1.28. The fraction of sp³-hybridized carbons (Fsp3) is 0.632. The summed E-state index contributed by atoms with van der Waals surface area (Å²) in [4.78, 5) is 15.2. The normalized spacial score (nSPS) is 34.9. The highest BCUT2D eigenvalue weighted by molar-refractivity contribution is 5.85. The molecular formula is C19H27ClN2O2. The van der Waals surface area contributed by atoms with Gasteiger partial charge in [0.15, 0.2) is 0 Å². The molecule has 0 radical (unpaired) electrons. The first-order chi connectivity index (χ1) is 11.3. The van der Waals surface area contributed by atoms with E-state index >= 15 is 0 Å². The van der Waals surface area contributed by atoms with Gasteiger partial charge in [-0.25, -0.2) is 0 Å². The maximum Gasteiger partial charge on any atom is 0.240 e. The first-order valence-corrected chi connectivity index (χ1v) is 9.00. The Hall–Kier alpha value is -1.10. The average molecular weight is 351 g/mol. The van der Waals surface area contributed by atoms with E-state index in [2.05, 4.69) is 34.5 Å². The summed E-state index contributed by atoms with van der Waals surface area (Å²) in [6.45, 7) is 0.271. The number of fused-ring (bicyclic) bond motifs is 2. The van der Waals surface area contributed by atoms with Gasteiger partial charge in [0.1, 0.15) is 0 Å². The van der Waals surface area contributed by atoms with E-state index < -0.39 is 0 Å². The van der Waals surface area contributed by atoms with E-state index in [-0.39, 0.29) is 25.1 Å². The smallest absolute Gasteiger partial charge is 0.240 e. The first kappa shape index (κ1) is 17.7. The van der Waals surface area contributed by atoms with Crippen LogP contribution in [0.25, 0.3) is 0 Å². The highest BCUT2D eigenvalue weighted by Crippen LogP contribution is 2.40. The van der Waals surface area contributed by atoms with Crippen LogP contribution in [0.2, 0.25) is 0 Å². The molecule has 1 unspecified atom stereocenters. The van der Waals surface area contributed by atoms with Crippen LogP contribution in [0.15, 0.2) is 30.3 Å². The van der Waals surface area contributed by atoms with Crippen molar-refractivity contribution in [1.82, 2.24) is 10.2 Å². The van der Waals surface area contributed by atoms with Crippen LogP contribution < -0.4 is 5.32 Å². The first-order valence-electron chi connectivity index (χ1n) is 9.00. The highest BCUT2D eigenvalue weighted by atomic mass is 35.5. The molecular weight excluding hydrogens is 324 g/mol. The summed E-state index contributed by atoms with van der Waals surface area (Å²) < 4.78 is 0. The van der Waals surface area contributed by atoms with Gasteiger partial charge in [-0.1, -0.05) is 30.3 Å². The van der Waals surface area contributed by atoms with Crippen molar-refractivity contribution in [3.8, 4) is 0 Å². The molecule has 3 aliphatic heterocycles. The Morgan fingerprint density at radius 2 is 1.75 bits per heavy atom. The molecule has 4 rings (SSSR count). The number of rotatable bonds is 3. The highest BCUT2D eigenvalue weighted by Gasteiger charge is 2.45. The molecule has 5 heteroatoms. The van der Waals surface area contributed by atoms with Crippen LogP contribution in [0.4, 0.5) is 0 Å². The maximum absolute atomic E-state index is 13.0. The van der Waals surface area contributed by atoms with E-state index in [0.29, 0.717) is 30.0 Å². The average Bonchev–Trinajstić information content (AvgIpc) is 3.18. The molecule has 0 aliphatic carbocycles. The Labute approximate surface area is 150 Å². The quantitative estimate of drug-likeness (QED) is 0.881. The molecule has 3 fully saturated rings. The molecule has 2 bridgehead atoms. The number of hydrogen-bond acceptors (Lipinski definition) is 3. The summed E-state index contributed by atoms with van der Waals surface area (Å²) in [5.74, 6) is 0.692. The number of aliphatic hydroxyl groups is 1. The maximum atomic E-state index is 13.0. The third kappa shape index (κ3) is 3.19. The minimum absolute atomic E-state index is 0. The van der Waals surface area contributed by atoms with Crippen LogP contribution in [0.1, 0.15) is 50.1 Å². The van der Waals surface area contributed by atoms with Crippen molar-refractivity contribution >= 4 is 18.3 Å². The minimum atomic E-state index is -0.0333. The molecule has 3 heterocycles. The molecule has 1 amide bonds. The lowest BCUT2D eigenvalue weighted by molar-refractivity contribution is -0.138. The van der Waals surface area contributed by atoms with Crippen molar-refractivity contribution < 1.29 is 9.90 Å². The zero-order valence-corrected chi connectivity index (χ0v) is 14.8. The van der Waals surface area contributed by atoms with E-state index in [1.165, 1.54) is 5.56 Å². The third-order valence-corrected chi connectivity index (χ3v) is 5.99. The Bertz CT molecular complexity index is 554. The number of amides is 1. The van der Waals surface area contributed by atoms with Crippen LogP contribution in [0, 0.1) is 5.92 Å². The second-order valence-electron chi connectivity index (χ2n) is 7.41. The molecule has 2 N–H and O–H groups in total. The molecule has 24 heavy (non-hydrogen) atoms. The van der Waals surface area contributed by atoms with Gasteiger partial charge in [0, 0.05) is 24.7 Å². The summed E-state index contributed by atoms with van der Waals surface area (Å²) in [5, 5.41) is 13.0. The number of aliphatic hydroxyl groups excluding tert-OH is 1. The van der Waals surface area contributed by atoms with E-state index in [1.807, 2.05) is 6.07 Å². The molecule has 5 atom stereocenters. The fourth-order valence-corrected chi connectivity index (χ4v) is 4.86. The van der Waals surface area contributed by atoms with E-state index in [9.17, 15) is 9.90 Å². The van der Waals surface area contributed by atoms with Crippen molar-refractivity contribution in [2.75, 3.05) is 6.61 Å².